The van der Waals surface area contributed by atoms with Gasteiger partial charge in [0.25, 0.3) is 0 Å². The molecule has 0 unspecified atom stereocenters. The maximum Gasteiger partial charge on any atom is 0.321 e. The molecule has 2 N–H and O–H groups in total. The molecule has 2 aromatic carbocycles. The molecule has 0 fully saturated rings. The molecule has 0 aliphatic rings. The summed E-state index contributed by atoms with van der Waals surface area (Å²) in [5.41, 5.74) is 2.13. The van der Waals surface area contributed by atoms with E-state index in [1.165, 1.54) is 0 Å². The zero-order chi connectivity index (χ0) is 13.0. The second-order valence-corrected chi connectivity index (χ2v) is 5.35. The summed E-state index contributed by atoms with van der Waals surface area (Å²) < 4.78 is 28.6. The number of para-hydroxylation sites is 1. The Hall–Kier alpha value is -2.01. The van der Waals surface area contributed by atoms with E-state index in [2.05, 4.69) is 9.44 Å². The summed E-state index contributed by atoms with van der Waals surface area (Å²) in [5.74, 6) is 0. The highest BCUT2D eigenvalue weighted by molar-refractivity contribution is 7.94. The Bertz CT molecular complexity index is 607. The molecule has 0 aliphatic carbocycles. The van der Waals surface area contributed by atoms with E-state index in [9.17, 15) is 8.42 Å². The summed E-state index contributed by atoms with van der Waals surface area (Å²) >= 11 is 0. The number of rotatable bonds is 4. The van der Waals surface area contributed by atoms with Crippen LogP contribution in [0.15, 0.2) is 54.6 Å². The molecule has 5 heteroatoms. The molecule has 0 saturated carbocycles. The van der Waals surface area contributed by atoms with Crippen molar-refractivity contribution in [3.05, 3.63) is 60.2 Å². The summed E-state index contributed by atoms with van der Waals surface area (Å²) in [5, 5.41) is 0. The van der Waals surface area contributed by atoms with Gasteiger partial charge in [-0.2, -0.15) is 8.42 Å². The van der Waals surface area contributed by atoms with Gasteiger partial charge in [0.1, 0.15) is 0 Å². The van der Waals surface area contributed by atoms with Gasteiger partial charge < -0.3 is 0 Å². The first-order valence-corrected chi connectivity index (χ1v) is 6.96. The number of anilines is 2. The molecule has 2 rings (SSSR count). The van der Waals surface area contributed by atoms with Crippen LogP contribution in [0.1, 0.15) is 5.56 Å². The molecule has 0 aromatic heterocycles. The Morgan fingerprint density at radius 1 is 0.778 bits per heavy atom. The standard InChI is InChI=1S/C13H14N2O2S/c1-11-7-9-13(10-8-11)15-18(16,17)14-12-5-3-2-4-6-12/h2-10,14-15H,1H3. The van der Waals surface area contributed by atoms with E-state index >= 15 is 0 Å². The van der Waals surface area contributed by atoms with Gasteiger partial charge in [-0.25, -0.2) is 0 Å². The fourth-order valence-corrected chi connectivity index (χ4v) is 2.41. The van der Waals surface area contributed by atoms with Gasteiger partial charge in [-0.15, -0.1) is 0 Å². The first-order valence-electron chi connectivity index (χ1n) is 5.47. The van der Waals surface area contributed by atoms with E-state index in [1.54, 1.807) is 36.4 Å². The molecular weight excluding hydrogens is 248 g/mol. The zero-order valence-corrected chi connectivity index (χ0v) is 10.7. The van der Waals surface area contributed by atoms with E-state index < -0.39 is 10.2 Å². The largest absolute Gasteiger partial charge is 0.321 e. The summed E-state index contributed by atoms with van der Waals surface area (Å²) in [6.45, 7) is 1.94. The number of aryl methyl sites for hydroxylation is 1. The van der Waals surface area contributed by atoms with Crippen molar-refractivity contribution in [2.45, 2.75) is 6.92 Å². The lowest BCUT2D eigenvalue weighted by Crippen LogP contribution is -2.21. The van der Waals surface area contributed by atoms with Crippen molar-refractivity contribution in [2.75, 3.05) is 9.44 Å². The SMILES string of the molecule is Cc1ccc(NS(=O)(=O)Nc2ccccc2)cc1. The third-order valence-corrected chi connectivity index (χ3v) is 3.34. The van der Waals surface area contributed by atoms with Crippen LogP contribution in [0, 0.1) is 6.92 Å². The third-order valence-electron chi connectivity index (χ3n) is 2.33. The van der Waals surface area contributed by atoms with Gasteiger partial charge in [-0.1, -0.05) is 35.9 Å². The lowest BCUT2D eigenvalue weighted by molar-refractivity contribution is 0.606. The molecule has 0 aliphatic heterocycles. The monoisotopic (exact) mass is 262 g/mol. The lowest BCUT2D eigenvalue weighted by Gasteiger charge is -2.10. The molecule has 0 spiro atoms. The van der Waals surface area contributed by atoms with Crippen LogP contribution < -0.4 is 9.44 Å². The Balaban J connectivity index is 2.10. The minimum atomic E-state index is -3.60. The molecule has 0 saturated heterocycles. The summed E-state index contributed by atoms with van der Waals surface area (Å²) in [4.78, 5) is 0. The topological polar surface area (TPSA) is 58.2 Å². The normalized spacial score (nSPS) is 10.9. The number of benzene rings is 2. The van der Waals surface area contributed by atoms with Crippen molar-refractivity contribution in [2.24, 2.45) is 0 Å². The minimum Gasteiger partial charge on any atom is -0.267 e. The smallest absolute Gasteiger partial charge is 0.267 e. The van der Waals surface area contributed by atoms with Crippen LogP contribution in [0.5, 0.6) is 0 Å². The average Bonchev–Trinajstić information content (AvgIpc) is 2.32. The molecule has 4 nitrogen and oxygen atoms in total. The van der Waals surface area contributed by atoms with Crippen molar-refractivity contribution in [3.8, 4) is 0 Å². The van der Waals surface area contributed by atoms with Gasteiger partial charge in [0, 0.05) is 0 Å². The molecule has 0 heterocycles. The van der Waals surface area contributed by atoms with Crippen molar-refractivity contribution < 1.29 is 8.42 Å². The summed E-state index contributed by atoms with van der Waals surface area (Å²) in [6.07, 6.45) is 0. The van der Waals surface area contributed by atoms with Crippen LogP contribution in [0.2, 0.25) is 0 Å². The average molecular weight is 262 g/mol. The molecule has 0 bridgehead atoms. The lowest BCUT2D eigenvalue weighted by atomic mass is 10.2. The maximum atomic E-state index is 11.8. The van der Waals surface area contributed by atoms with Crippen LogP contribution in [0.4, 0.5) is 11.4 Å². The van der Waals surface area contributed by atoms with E-state index in [0.717, 1.165) is 5.56 Å². The number of hydrogen-bond acceptors (Lipinski definition) is 2. The van der Waals surface area contributed by atoms with Gasteiger partial charge in [0.2, 0.25) is 0 Å². The number of nitrogens with one attached hydrogen (secondary N) is 2. The van der Waals surface area contributed by atoms with Crippen molar-refractivity contribution >= 4 is 21.6 Å². The summed E-state index contributed by atoms with van der Waals surface area (Å²) in [7, 11) is -3.60. The zero-order valence-electron chi connectivity index (χ0n) is 9.92. The molecule has 2 aromatic rings. The van der Waals surface area contributed by atoms with Crippen LogP contribution in [-0.2, 0) is 10.2 Å². The second-order valence-electron chi connectivity index (χ2n) is 3.94. The van der Waals surface area contributed by atoms with E-state index in [1.807, 2.05) is 25.1 Å². The summed E-state index contributed by atoms with van der Waals surface area (Å²) in [6, 6.07) is 15.9. The predicted octanol–water partition coefficient (Wildman–Crippen LogP) is 2.76. The van der Waals surface area contributed by atoms with Crippen LogP contribution in [0.25, 0.3) is 0 Å². The quantitative estimate of drug-likeness (QED) is 0.890. The molecular formula is C13H14N2O2S. The van der Waals surface area contributed by atoms with Gasteiger partial charge in [0.05, 0.1) is 11.4 Å². The molecule has 18 heavy (non-hydrogen) atoms. The van der Waals surface area contributed by atoms with Crippen molar-refractivity contribution in [1.82, 2.24) is 0 Å². The molecule has 0 atom stereocenters. The maximum absolute atomic E-state index is 11.8. The first-order chi connectivity index (χ1) is 8.55. The van der Waals surface area contributed by atoms with Gasteiger partial charge in [-0.3, -0.25) is 9.44 Å². The van der Waals surface area contributed by atoms with Crippen molar-refractivity contribution in [3.63, 3.8) is 0 Å². The minimum absolute atomic E-state index is 0.525. The van der Waals surface area contributed by atoms with Gasteiger partial charge in [-0.05, 0) is 31.2 Å². The Morgan fingerprint density at radius 2 is 1.28 bits per heavy atom. The first kappa shape index (κ1) is 12.4. The Labute approximate surface area is 107 Å². The van der Waals surface area contributed by atoms with Crippen LogP contribution >= 0.6 is 0 Å². The number of hydrogen-bond donors (Lipinski definition) is 2. The highest BCUT2D eigenvalue weighted by Crippen LogP contribution is 2.13. The molecule has 0 radical (unpaired) electrons. The third kappa shape index (κ3) is 3.49. The Kier molecular flexibility index (Phi) is 3.53. The van der Waals surface area contributed by atoms with E-state index in [0.29, 0.717) is 11.4 Å². The predicted molar refractivity (Wildman–Crippen MR) is 73.8 cm³/mol. The second kappa shape index (κ2) is 5.10. The van der Waals surface area contributed by atoms with Crippen LogP contribution in [-0.4, -0.2) is 8.42 Å². The fraction of sp³-hybridized carbons (Fsp3) is 0.0769. The van der Waals surface area contributed by atoms with Gasteiger partial charge in [0.15, 0.2) is 0 Å². The molecule has 0 amide bonds. The molecule has 94 valence electrons. The van der Waals surface area contributed by atoms with E-state index in [4.69, 9.17) is 0 Å². The van der Waals surface area contributed by atoms with Gasteiger partial charge >= 0.3 is 10.2 Å². The van der Waals surface area contributed by atoms with E-state index in [-0.39, 0.29) is 0 Å². The highest BCUT2D eigenvalue weighted by Gasteiger charge is 2.09. The van der Waals surface area contributed by atoms with Crippen molar-refractivity contribution in [1.29, 1.82) is 0 Å². The highest BCUT2D eigenvalue weighted by atomic mass is 32.2. The fourth-order valence-electron chi connectivity index (χ4n) is 1.46. The Morgan fingerprint density at radius 3 is 1.83 bits per heavy atom. The van der Waals surface area contributed by atoms with Crippen LogP contribution in [0.3, 0.4) is 0 Å².